The van der Waals surface area contributed by atoms with E-state index in [2.05, 4.69) is 21.2 Å². The van der Waals surface area contributed by atoms with Crippen molar-refractivity contribution in [2.45, 2.75) is 6.92 Å². The summed E-state index contributed by atoms with van der Waals surface area (Å²) in [4.78, 5) is 11.9. The molecule has 0 saturated heterocycles. The van der Waals surface area contributed by atoms with Crippen LogP contribution < -0.4 is 11.1 Å². The van der Waals surface area contributed by atoms with Crippen molar-refractivity contribution in [2.24, 2.45) is 0 Å². The molecule has 3 nitrogen and oxygen atoms in total. The Morgan fingerprint density at radius 1 is 1.26 bits per heavy atom. The number of amides is 1. The van der Waals surface area contributed by atoms with Crippen LogP contribution in [-0.4, -0.2) is 5.91 Å². The fourth-order valence-electron chi connectivity index (χ4n) is 1.58. The Bertz CT molecular complexity index is 643. The van der Waals surface area contributed by atoms with Crippen LogP contribution in [0.25, 0.3) is 0 Å². The number of rotatable bonds is 2. The molecule has 98 valence electrons. The van der Waals surface area contributed by atoms with Gasteiger partial charge in [-0.15, -0.1) is 0 Å². The van der Waals surface area contributed by atoms with Crippen LogP contribution >= 0.6 is 15.9 Å². The molecule has 0 radical (unpaired) electrons. The minimum Gasteiger partial charge on any atom is -0.399 e. The summed E-state index contributed by atoms with van der Waals surface area (Å²) in [6.45, 7) is 1.94. The third kappa shape index (κ3) is 3.12. The first-order valence-electron chi connectivity index (χ1n) is 5.60. The normalized spacial score (nSPS) is 10.3. The highest BCUT2D eigenvalue weighted by molar-refractivity contribution is 9.10. The fourth-order valence-corrected chi connectivity index (χ4v) is 1.96. The maximum Gasteiger partial charge on any atom is 0.258 e. The van der Waals surface area contributed by atoms with Crippen LogP contribution in [0.1, 0.15) is 15.9 Å². The van der Waals surface area contributed by atoms with Crippen LogP contribution in [-0.2, 0) is 0 Å². The van der Waals surface area contributed by atoms with E-state index in [1.54, 1.807) is 12.1 Å². The van der Waals surface area contributed by atoms with Gasteiger partial charge >= 0.3 is 0 Å². The van der Waals surface area contributed by atoms with Gasteiger partial charge in [0.25, 0.3) is 5.91 Å². The zero-order chi connectivity index (χ0) is 14.0. The lowest BCUT2D eigenvalue weighted by Crippen LogP contribution is -2.14. The number of carbonyl (C=O) groups is 1. The third-order valence-electron chi connectivity index (χ3n) is 2.67. The average Bonchev–Trinajstić information content (AvgIpc) is 2.33. The predicted octanol–water partition coefficient (Wildman–Crippen LogP) is 3.73. The van der Waals surface area contributed by atoms with Gasteiger partial charge in [0.1, 0.15) is 5.82 Å². The van der Waals surface area contributed by atoms with E-state index in [1.807, 2.05) is 13.0 Å². The highest BCUT2D eigenvalue weighted by atomic mass is 79.9. The molecule has 1 amide bonds. The molecular weight excluding hydrogens is 311 g/mol. The molecule has 0 aliphatic rings. The van der Waals surface area contributed by atoms with Crippen molar-refractivity contribution >= 4 is 33.2 Å². The zero-order valence-corrected chi connectivity index (χ0v) is 11.8. The Balaban J connectivity index is 2.23. The molecule has 0 spiro atoms. The predicted molar refractivity (Wildman–Crippen MR) is 77.6 cm³/mol. The van der Waals surface area contributed by atoms with Crippen molar-refractivity contribution in [3.8, 4) is 0 Å². The zero-order valence-electron chi connectivity index (χ0n) is 10.2. The van der Waals surface area contributed by atoms with Crippen LogP contribution in [0.15, 0.2) is 40.9 Å². The standard InChI is InChI=1S/C14H12BrFN2O/c1-8-2-4-10(7-12(8)15)18-14(19)11-5-3-9(17)6-13(11)16/h2-7H,17H2,1H3,(H,18,19). The number of nitrogens with one attached hydrogen (secondary N) is 1. The highest BCUT2D eigenvalue weighted by Gasteiger charge is 2.12. The summed E-state index contributed by atoms with van der Waals surface area (Å²) in [6.07, 6.45) is 0. The second kappa shape index (κ2) is 5.40. The summed E-state index contributed by atoms with van der Waals surface area (Å²) in [5.74, 6) is -1.14. The number of nitrogens with two attached hydrogens (primary N) is 1. The number of hydrogen-bond acceptors (Lipinski definition) is 2. The van der Waals surface area contributed by atoms with Gasteiger partial charge in [-0.2, -0.15) is 0 Å². The van der Waals surface area contributed by atoms with Gasteiger partial charge < -0.3 is 11.1 Å². The second-order valence-corrected chi connectivity index (χ2v) is 5.01. The van der Waals surface area contributed by atoms with E-state index in [-0.39, 0.29) is 11.3 Å². The van der Waals surface area contributed by atoms with Crippen LogP contribution in [0, 0.1) is 12.7 Å². The highest BCUT2D eigenvalue weighted by Crippen LogP contribution is 2.21. The van der Waals surface area contributed by atoms with Gasteiger partial charge in [-0.1, -0.05) is 22.0 Å². The number of nitrogen functional groups attached to an aromatic ring is 1. The Kier molecular flexibility index (Phi) is 3.85. The van der Waals surface area contributed by atoms with Gasteiger partial charge in [0, 0.05) is 15.8 Å². The van der Waals surface area contributed by atoms with Crippen LogP contribution in [0.4, 0.5) is 15.8 Å². The first-order chi connectivity index (χ1) is 8.97. The molecule has 0 heterocycles. The molecule has 3 N–H and O–H groups in total. The molecular formula is C14H12BrFN2O. The molecule has 2 rings (SSSR count). The summed E-state index contributed by atoms with van der Waals surface area (Å²) in [5, 5.41) is 2.64. The first kappa shape index (κ1) is 13.5. The van der Waals surface area contributed by atoms with Crippen molar-refractivity contribution in [2.75, 3.05) is 11.1 Å². The van der Waals surface area contributed by atoms with Crippen LogP contribution in [0.5, 0.6) is 0 Å². The van der Waals surface area contributed by atoms with Gasteiger partial charge in [0.2, 0.25) is 0 Å². The lowest BCUT2D eigenvalue weighted by molar-refractivity contribution is 0.102. The van der Waals surface area contributed by atoms with Gasteiger partial charge in [-0.05, 0) is 42.8 Å². The number of aryl methyl sites for hydroxylation is 1. The van der Waals surface area contributed by atoms with Crippen LogP contribution in [0.3, 0.4) is 0 Å². The summed E-state index contributed by atoms with van der Waals surface area (Å²) < 4.78 is 14.5. The van der Waals surface area contributed by atoms with Gasteiger partial charge in [0.15, 0.2) is 0 Å². The van der Waals surface area contributed by atoms with Gasteiger partial charge in [0.05, 0.1) is 5.56 Å². The number of carbonyl (C=O) groups excluding carboxylic acids is 1. The molecule has 0 aliphatic carbocycles. The topological polar surface area (TPSA) is 55.1 Å². The molecule has 0 unspecified atom stereocenters. The van der Waals surface area contributed by atoms with E-state index in [0.29, 0.717) is 5.69 Å². The Labute approximate surface area is 118 Å². The number of benzene rings is 2. The first-order valence-corrected chi connectivity index (χ1v) is 6.39. The molecule has 2 aromatic rings. The molecule has 0 aliphatic heterocycles. The average molecular weight is 323 g/mol. The van der Waals surface area contributed by atoms with Crippen LogP contribution in [0.2, 0.25) is 0 Å². The second-order valence-electron chi connectivity index (χ2n) is 4.16. The van der Waals surface area contributed by atoms with Crippen molar-refractivity contribution in [1.29, 1.82) is 0 Å². The summed E-state index contributed by atoms with van der Waals surface area (Å²) >= 11 is 3.37. The maximum absolute atomic E-state index is 13.6. The molecule has 0 saturated carbocycles. The molecule has 2 aromatic carbocycles. The minimum atomic E-state index is -0.635. The third-order valence-corrected chi connectivity index (χ3v) is 3.52. The van der Waals surface area contributed by atoms with Crippen molar-refractivity contribution in [3.63, 3.8) is 0 Å². The van der Waals surface area contributed by atoms with Gasteiger partial charge in [-0.25, -0.2) is 4.39 Å². The monoisotopic (exact) mass is 322 g/mol. The smallest absolute Gasteiger partial charge is 0.258 e. The molecule has 0 aromatic heterocycles. The van der Waals surface area contributed by atoms with Crippen molar-refractivity contribution in [3.05, 3.63) is 57.8 Å². The van der Waals surface area contributed by atoms with E-state index in [9.17, 15) is 9.18 Å². The van der Waals surface area contributed by atoms with Crippen molar-refractivity contribution in [1.82, 2.24) is 0 Å². The maximum atomic E-state index is 13.6. The molecule has 5 heteroatoms. The Morgan fingerprint density at radius 2 is 2.00 bits per heavy atom. The van der Waals surface area contributed by atoms with E-state index >= 15 is 0 Å². The lowest BCUT2D eigenvalue weighted by Gasteiger charge is -2.08. The molecule has 0 atom stereocenters. The summed E-state index contributed by atoms with van der Waals surface area (Å²) in [5.41, 5.74) is 7.34. The quantitative estimate of drug-likeness (QED) is 0.828. The summed E-state index contributed by atoms with van der Waals surface area (Å²) in [6, 6.07) is 9.36. The van der Waals surface area contributed by atoms with E-state index in [0.717, 1.165) is 16.1 Å². The Morgan fingerprint density at radius 3 is 2.63 bits per heavy atom. The fraction of sp³-hybridized carbons (Fsp3) is 0.0714. The number of anilines is 2. The minimum absolute atomic E-state index is 0.0362. The lowest BCUT2D eigenvalue weighted by atomic mass is 10.1. The summed E-state index contributed by atoms with van der Waals surface area (Å²) in [7, 11) is 0. The molecule has 0 bridgehead atoms. The molecule has 19 heavy (non-hydrogen) atoms. The number of hydrogen-bond donors (Lipinski definition) is 2. The largest absolute Gasteiger partial charge is 0.399 e. The van der Waals surface area contributed by atoms with E-state index in [1.165, 1.54) is 12.1 Å². The van der Waals surface area contributed by atoms with Crippen molar-refractivity contribution < 1.29 is 9.18 Å². The Hall–Kier alpha value is -1.88. The number of halogens is 2. The molecule has 0 fully saturated rings. The SMILES string of the molecule is Cc1ccc(NC(=O)c2ccc(N)cc2F)cc1Br. The van der Waals surface area contributed by atoms with E-state index < -0.39 is 11.7 Å². The van der Waals surface area contributed by atoms with Gasteiger partial charge in [-0.3, -0.25) is 4.79 Å². The van der Waals surface area contributed by atoms with E-state index in [4.69, 9.17) is 5.73 Å².